The fourth-order valence-corrected chi connectivity index (χ4v) is 3.11. The maximum atomic E-state index is 12.4. The van der Waals surface area contributed by atoms with Crippen molar-refractivity contribution in [2.24, 2.45) is 4.99 Å². The third kappa shape index (κ3) is 8.24. The Morgan fingerprint density at radius 3 is 2.88 bits per heavy atom. The van der Waals surface area contributed by atoms with Crippen LogP contribution in [0.4, 0.5) is 13.2 Å². The molecule has 2 heterocycles. The molecular weight excluding hydrogens is 337 g/mol. The average molecular weight is 366 g/mol. The van der Waals surface area contributed by atoms with Gasteiger partial charge in [-0.25, -0.2) is 0 Å². The summed E-state index contributed by atoms with van der Waals surface area (Å²) in [6, 6.07) is -0.00989. The predicted octanol–water partition coefficient (Wildman–Crippen LogP) is 1.37. The molecule has 2 rings (SSSR count). The molecule has 0 aromatic carbocycles. The third-order valence-electron chi connectivity index (χ3n) is 4.33. The first kappa shape index (κ1) is 20.3. The van der Waals surface area contributed by atoms with Gasteiger partial charge in [-0.3, -0.25) is 9.89 Å². The molecule has 25 heavy (non-hydrogen) atoms. The number of ether oxygens (including phenoxy) is 2. The van der Waals surface area contributed by atoms with Crippen LogP contribution in [0.3, 0.4) is 0 Å². The van der Waals surface area contributed by atoms with Crippen molar-refractivity contribution < 1.29 is 22.6 Å². The Morgan fingerprint density at radius 2 is 2.20 bits per heavy atom. The molecule has 2 aliphatic heterocycles. The first-order valence-electron chi connectivity index (χ1n) is 8.92. The summed E-state index contributed by atoms with van der Waals surface area (Å²) in [7, 11) is 1.66. The Balaban J connectivity index is 1.53. The summed E-state index contributed by atoms with van der Waals surface area (Å²) in [5.74, 6) is 0.623. The van der Waals surface area contributed by atoms with E-state index in [0.717, 1.165) is 25.9 Å². The maximum absolute atomic E-state index is 12.4. The third-order valence-corrected chi connectivity index (χ3v) is 4.33. The number of hydrogen-bond acceptors (Lipinski definition) is 4. The fourth-order valence-electron chi connectivity index (χ4n) is 3.11. The van der Waals surface area contributed by atoms with Crippen LogP contribution in [0, 0.1) is 0 Å². The Morgan fingerprint density at radius 1 is 1.36 bits per heavy atom. The summed E-state index contributed by atoms with van der Waals surface area (Å²) in [6.45, 7) is 2.80. The zero-order valence-corrected chi connectivity index (χ0v) is 14.8. The highest BCUT2D eigenvalue weighted by Crippen LogP contribution is 2.19. The van der Waals surface area contributed by atoms with Crippen molar-refractivity contribution in [3.8, 4) is 0 Å². The molecule has 0 aromatic rings. The maximum Gasteiger partial charge on any atom is 0.401 e. The van der Waals surface area contributed by atoms with Gasteiger partial charge in [0.15, 0.2) is 5.96 Å². The smallest absolute Gasteiger partial charge is 0.379 e. The van der Waals surface area contributed by atoms with E-state index in [1.165, 1.54) is 4.90 Å². The van der Waals surface area contributed by atoms with Crippen LogP contribution in [0.15, 0.2) is 4.99 Å². The number of guanidine groups is 1. The molecule has 0 aromatic heterocycles. The van der Waals surface area contributed by atoms with Gasteiger partial charge in [0.25, 0.3) is 0 Å². The molecule has 0 radical (unpaired) electrons. The van der Waals surface area contributed by atoms with Gasteiger partial charge in [0.1, 0.15) is 0 Å². The molecule has 2 aliphatic rings. The van der Waals surface area contributed by atoms with Crippen LogP contribution in [0.25, 0.3) is 0 Å². The summed E-state index contributed by atoms with van der Waals surface area (Å²) in [4.78, 5) is 5.55. The van der Waals surface area contributed by atoms with Gasteiger partial charge >= 0.3 is 6.18 Å². The van der Waals surface area contributed by atoms with Crippen molar-refractivity contribution in [2.75, 3.05) is 53.0 Å². The lowest BCUT2D eigenvalue weighted by Gasteiger charge is -2.19. The highest BCUT2D eigenvalue weighted by molar-refractivity contribution is 5.79. The van der Waals surface area contributed by atoms with Gasteiger partial charge in [0, 0.05) is 45.9 Å². The van der Waals surface area contributed by atoms with E-state index < -0.39 is 12.7 Å². The number of aliphatic imine (C=N–C) groups is 1. The van der Waals surface area contributed by atoms with E-state index in [2.05, 4.69) is 15.6 Å². The van der Waals surface area contributed by atoms with Gasteiger partial charge in [0.2, 0.25) is 0 Å². The number of nitrogens with one attached hydrogen (secondary N) is 2. The number of rotatable bonds is 8. The zero-order valence-electron chi connectivity index (χ0n) is 14.8. The summed E-state index contributed by atoms with van der Waals surface area (Å²) < 4.78 is 48.3. The number of nitrogens with zero attached hydrogens (tertiary/aromatic N) is 2. The first-order valence-corrected chi connectivity index (χ1v) is 8.92. The molecule has 0 bridgehead atoms. The van der Waals surface area contributed by atoms with E-state index in [1.54, 1.807) is 7.05 Å². The van der Waals surface area contributed by atoms with Gasteiger partial charge in [0.05, 0.1) is 19.3 Å². The van der Waals surface area contributed by atoms with E-state index in [9.17, 15) is 13.2 Å². The lowest BCUT2D eigenvalue weighted by Crippen LogP contribution is -2.45. The zero-order chi connectivity index (χ0) is 18.1. The minimum Gasteiger partial charge on any atom is -0.379 e. The lowest BCUT2D eigenvalue weighted by atomic mass is 10.2. The normalized spacial score (nSPS) is 25.5. The van der Waals surface area contributed by atoms with Gasteiger partial charge in [-0.05, 0) is 25.7 Å². The van der Waals surface area contributed by atoms with Crippen molar-refractivity contribution in [1.82, 2.24) is 15.5 Å². The summed E-state index contributed by atoms with van der Waals surface area (Å²) in [5.41, 5.74) is 0. The molecular formula is C16H29F3N4O2. The summed E-state index contributed by atoms with van der Waals surface area (Å²) in [6.07, 6.45) is -0.206. The van der Waals surface area contributed by atoms with Gasteiger partial charge in [-0.2, -0.15) is 13.2 Å². The monoisotopic (exact) mass is 366 g/mol. The molecule has 2 unspecified atom stereocenters. The van der Waals surface area contributed by atoms with Crippen molar-refractivity contribution in [1.29, 1.82) is 0 Å². The second-order valence-electron chi connectivity index (χ2n) is 6.54. The average Bonchev–Trinajstić information content (AvgIpc) is 3.20. The summed E-state index contributed by atoms with van der Waals surface area (Å²) >= 11 is 0. The van der Waals surface area contributed by atoms with Crippen LogP contribution < -0.4 is 10.6 Å². The van der Waals surface area contributed by atoms with Crippen molar-refractivity contribution in [2.45, 2.75) is 44.0 Å². The topological polar surface area (TPSA) is 58.1 Å². The van der Waals surface area contributed by atoms with E-state index in [4.69, 9.17) is 9.47 Å². The molecule has 2 saturated heterocycles. The quantitative estimate of drug-likeness (QED) is 0.386. The second kappa shape index (κ2) is 10.2. The fraction of sp³-hybridized carbons (Fsp3) is 0.938. The Labute approximate surface area is 147 Å². The number of hydrogen-bond donors (Lipinski definition) is 2. The largest absolute Gasteiger partial charge is 0.401 e. The molecule has 6 nitrogen and oxygen atoms in total. The SMILES string of the molecule is CN=C(NCCCOCC1CCCO1)NC1CCN(CC(F)(F)F)C1. The molecule has 0 aliphatic carbocycles. The van der Waals surface area contributed by atoms with E-state index >= 15 is 0 Å². The van der Waals surface area contributed by atoms with Crippen molar-refractivity contribution in [3.63, 3.8) is 0 Å². The Kier molecular flexibility index (Phi) is 8.25. The van der Waals surface area contributed by atoms with Crippen LogP contribution in [0.2, 0.25) is 0 Å². The molecule has 9 heteroatoms. The van der Waals surface area contributed by atoms with E-state index in [-0.39, 0.29) is 12.1 Å². The highest BCUT2D eigenvalue weighted by Gasteiger charge is 2.34. The Hall–Kier alpha value is -1.06. The number of alkyl halides is 3. The minimum absolute atomic E-state index is 0.00989. The predicted molar refractivity (Wildman–Crippen MR) is 89.8 cm³/mol. The molecule has 0 spiro atoms. The minimum atomic E-state index is -4.14. The van der Waals surface area contributed by atoms with Gasteiger partial charge < -0.3 is 20.1 Å². The number of halogens is 3. The molecule has 0 amide bonds. The van der Waals surface area contributed by atoms with Crippen LogP contribution in [0.1, 0.15) is 25.7 Å². The lowest BCUT2D eigenvalue weighted by molar-refractivity contribution is -0.143. The van der Waals surface area contributed by atoms with Crippen LogP contribution >= 0.6 is 0 Å². The van der Waals surface area contributed by atoms with Crippen molar-refractivity contribution in [3.05, 3.63) is 0 Å². The van der Waals surface area contributed by atoms with Gasteiger partial charge in [-0.15, -0.1) is 0 Å². The van der Waals surface area contributed by atoms with E-state index in [1.807, 2.05) is 0 Å². The second-order valence-corrected chi connectivity index (χ2v) is 6.54. The van der Waals surface area contributed by atoms with Crippen LogP contribution in [-0.4, -0.2) is 82.2 Å². The highest BCUT2D eigenvalue weighted by atomic mass is 19.4. The van der Waals surface area contributed by atoms with Crippen molar-refractivity contribution >= 4 is 5.96 Å². The summed E-state index contributed by atoms with van der Waals surface area (Å²) in [5, 5.41) is 6.36. The number of likely N-dealkylation sites (tertiary alicyclic amines) is 1. The molecule has 146 valence electrons. The molecule has 2 fully saturated rings. The first-order chi connectivity index (χ1) is 12.0. The van der Waals surface area contributed by atoms with Gasteiger partial charge in [-0.1, -0.05) is 0 Å². The van der Waals surface area contributed by atoms with Crippen LogP contribution in [0.5, 0.6) is 0 Å². The molecule has 0 saturated carbocycles. The molecule has 2 N–H and O–H groups in total. The van der Waals surface area contributed by atoms with E-state index in [0.29, 0.717) is 45.2 Å². The Bertz CT molecular complexity index is 415. The van der Waals surface area contributed by atoms with Crippen LogP contribution in [-0.2, 0) is 9.47 Å². The standard InChI is InChI=1S/C16H29F3N4O2/c1-20-15(21-6-3-8-24-11-14-4-2-9-25-14)22-13-5-7-23(10-13)12-16(17,18)19/h13-14H,2-12H2,1H3,(H2,20,21,22). The molecule has 2 atom stereocenters.